The van der Waals surface area contributed by atoms with Crippen molar-refractivity contribution in [3.05, 3.63) is 29.6 Å². The highest BCUT2D eigenvalue weighted by Gasteiger charge is 2.34. The predicted molar refractivity (Wildman–Crippen MR) is 124 cm³/mol. The van der Waals surface area contributed by atoms with E-state index in [1.54, 1.807) is 28.0 Å². The second-order valence-corrected chi connectivity index (χ2v) is 10.2. The van der Waals surface area contributed by atoms with Gasteiger partial charge in [-0.2, -0.15) is 0 Å². The normalized spacial score (nSPS) is 24.9. The Labute approximate surface area is 199 Å². The van der Waals surface area contributed by atoms with Gasteiger partial charge < -0.3 is 20.4 Å². The maximum atomic E-state index is 13.2. The molecular weight excluding hydrogens is 434 g/mol. The highest BCUT2D eigenvalue weighted by molar-refractivity contribution is 5.97. The van der Waals surface area contributed by atoms with Crippen LogP contribution < -0.4 is 10.6 Å². The van der Waals surface area contributed by atoms with Crippen molar-refractivity contribution in [3.63, 3.8) is 0 Å². The standard InChI is InChI=1S/C25H33N5O4/c31-22(26-18-8-9-18)16-4-2-12-29(14-16)24(33)20-6-1-7-21(28-20)25(34)30-13-3-5-17(15-30)23(32)27-19-10-11-19/h1,6-7,16-19H,2-5,8-15H2,(H,26,31)(H,27,32)/t16-,17-/m1/s1. The zero-order valence-electron chi connectivity index (χ0n) is 19.5. The Morgan fingerprint density at radius 3 is 1.56 bits per heavy atom. The molecule has 182 valence electrons. The molecule has 4 fully saturated rings. The fraction of sp³-hybridized carbons (Fsp3) is 0.640. The van der Waals surface area contributed by atoms with Crippen LogP contribution in [-0.2, 0) is 9.59 Å². The Bertz CT molecular complexity index is 901. The third-order valence-corrected chi connectivity index (χ3v) is 7.19. The molecule has 2 aliphatic heterocycles. The molecule has 2 saturated heterocycles. The second kappa shape index (κ2) is 9.72. The van der Waals surface area contributed by atoms with Gasteiger partial charge in [0.05, 0.1) is 11.8 Å². The Morgan fingerprint density at radius 1 is 0.706 bits per heavy atom. The summed E-state index contributed by atoms with van der Waals surface area (Å²) in [6.45, 7) is 1.91. The largest absolute Gasteiger partial charge is 0.353 e. The van der Waals surface area contributed by atoms with Crippen LogP contribution in [-0.4, -0.2) is 76.7 Å². The number of carbonyl (C=O) groups is 4. The summed E-state index contributed by atoms with van der Waals surface area (Å²) in [6, 6.07) is 5.52. The number of nitrogens with one attached hydrogen (secondary N) is 2. The molecule has 9 heteroatoms. The molecule has 4 aliphatic rings. The quantitative estimate of drug-likeness (QED) is 0.656. The topological polar surface area (TPSA) is 112 Å². The van der Waals surface area contributed by atoms with E-state index in [1.165, 1.54) is 0 Å². The highest BCUT2D eigenvalue weighted by atomic mass is 16.2. The zero-order valence-corrected chi connectivity index (χ0v) is 19.5. The maximum absolute atomic E-state index is 13.2. The van der Waals surface area contributed by atoms with Crippen molar-refractivity contribution in [3.8, 4) is 0 Å². The highest BCUT2D eigenvalue weighted by Crippen LogP contribution is 2.24. The van der Waals surface area contributed by atoms with Gasteiger partial charge in [-0.1, -0.05) is 6.07 Å². The fourth-order valence-electron chi connectivity index (χ4n) is 4.84. The number of rotatable bonds is 6. The molecule has 2 N–H and O–H groups in total. The first-order valence-electron chi connectivity index (χ1n) is 12.6. The number of hydrogen-bond donors (Lipinski definition) is 2. The number of nitrogens with zero attached hydrogens (tertiary/aromatic N) is 3. The number of carbonyl (C=O) groups excluding carboxylic acids is 4. The minimum atomic E-state index is -0.251. The fourth-order valence-corrected chi connectivity index (χ4v) is 4.84. The van der Waals surface area contributed by atoms with Gasteiger partial charge in [0.25, 0.3) is 11.8 Å². The van der Waals surface area contributed by atoms with Crippen LogP contribution >= 0.6 is 0 Å². The van der Waals surface area contributed by atoms with E-state index in [9.17, 15) is 19.2 Å². The summed E-state index contributed by atoms with van der Waals surface area (Å²) in [4.78, 5) is 59.0. The number of hydrogen-bond acceptors (Lipinski definition) is 5. The summed E-state index contributed by atoms with van der Waals surface area (Å²) < 4.78 is 0. The zero-order chi connectivity index (χ0) is 23.7. The SMILES string of the molecule is O=C(NC1CC1)[C@@H]1CCCN(C(=O)c2cccc(C(=O)N3CCC[C@@H](C(=O)NC4CC4)C3)n2)C1. The molecule has 2 saturated carbocycles. The number of piperidine rings is 2. The van der Waals surface area contributed by atoms with Crippen LogP contribution in [0.5, 0.6) is 0 Å². The van der Waals surface area contributed by atoms with Crippen molar-refractivity contribution in [1.29, 1.82) is 0 Å². The third kappa shape index (κ3) is 5.39. The lowest BCUT2D eigenvalue weighted by Gasteiger charge is -2.32. The van der Waals surface area contributed by atoms with Gasteiger partial charge in [0.1, 0.15) is 11.4 Å². The van der Waals surface area contributed by atoms with E-state index in [-0.39, 0.29) is 46.9 Å². The summed E-state index contributed by atoms with van der Waals surface area (Å²) in [7, 11) is 0. The first kappa shape index (κ1) is 22.8. The van der Waals surface area contributed by atoms with E-state index in [0.717, 1.165) is 51.4 Å². The second-order valence-electron chi connectivity index (χ2n) is 10.2. The molecule has 0 radical (unpaired) electrons. The Balaban J connectivity index is 1.21. The number of aromatic nitrogens is 1. The van der Waals surface area contributed by atoms with Crippen LogP contribution in [0.4, 0.5) is 0 Å². The van der Waals surface area contributed by atoms with Crippen LogP contribution in [0, 0.1) is 11.8 Å². The van der Waals surface area contributed by atoms with E-state index in [2.05, 4.69) is 15.6 Å². The summed E-state index contributed by atoms with van der Waals surface area (Å²) in [5, 5.41) is 6.07. The van der Waals surface area contributed by atoms with E-state index in [4.69, 9.17) is 0 Å². The lowest BCUT2D eigenvalue weighted by atomic mass is 9.96. The van der Waals surface area contributed by atoms with Crippen molar-refractivity contribution in [1.82, 2.24) is 25.4 Å². The summed E-state index contributed by atoms with van der Waals surface area (Å²) in [6.07, 6.45) is 7.24. The number of amides is 4. The van der Waals surface area contributed by atoms with Crippen LogP contribution in [0.15, 0.2) is 18.2 Å². The van der Waals surface area contributed by atoms with Crippen molar-refractivity contribution >= 4 is 23.6 Å². The summed E-state index contributed by atoms with van der Waals surface area (Å²) in [5.41, 5.74) is 0.434. The third-order valence-electron chi connectivity index (χ3n) is 7.19. The van der Waals surface area contributed by atoms with Gasteiger partial charge in [-0.15, -0.1) is 0 Å². The van der Waals surface area contributed by atoms with E-state index < -0.39 is 0 Å². The molecule has 1 aromatic heterocycles. The van der Waals surface area contributed by atoms with Gasteiger partial charge in [0.15, 0.2) is 0 Å². The molecular formula is C25H33N5O4. The average molecular weight is 468 g/mol. The van der Waals surface area contributed by atoms with Gasteiger partial charge >= 0.3 is 0 Å². The minimum absolute atomic E-state index is 0.0299. The lowest BCUT2D eigenvalue weighted by molar-refractivity contribution is -0.127. The van der Waals surface area contributed by atoms with E-state index in [1.807, 2.05) is 0 Å². The lowest BCUT2D eigenvalue weighted by Crippen LogP contribution is -2.46. The first-order chi connectivity index (χ1) is 16.5. The number of likely N-dealkylation sites (tertiary alicyclic amines) is 2. The Morgan fingerprint density at radius 2 is 1.15 bits per heavy atom. The molecule has 34 heavy (non-hydrogen) atoms. The minimum Gasteiger partial charge on any atom is -0.353 e. The molecule has 0 aromatic carbocycles. The average Bonchev–Trinajstić information content (AvgIpc) is 3.81. The van der Waals surface area contributed by atoms with Crippen LogP contribution in [0.1, 0.15) is 72.3 Å². The first-order valence-corrected chi connectivity index (χ1v) is 12.6. The van der Waals surface area contributed by atoms with Crippen molar-refractivity contribution in [2.45, 2.75) is 63.5 Å². The molecule has 4 amide bonds. The predicted octanol–water partition coefficient (Wildman–Crippen LogP) is 1.34. The molecule has 1 aromatic rings. The van der Waals surface area contributed by atoms with Gasteiger partial charge in [-0.25, -0.2) is 4.98 Å². The molecule has 3 heterocycles. The van der Waals surface area contributed by atoms with Crippen LogP contribution in [0.3, 0.4) is 0 Å². The molecule has 0 bridgehead atoms. The molecule has 0 unspecified atom stereocenters. The Hall–Kier alpha value is -2.97. The molecule has 9 nitrogen and oxygen atoms in total. The molecule has 5 rings (SSSR count). The molecule has 2 atom stereocenters. The van der Waals surface area contributed by atoms with Crippen molar-refractivity contribution in [2.75, 3.05) is 26.2 Å². The Kier molecular flexibility index (Phi) is 6.52. The van der Waals surface area contributed by atoms with E-state index >= 15 is 0 Å². The maximum Gasteiger partial charge on any atom is 0.272 e. The van der Waals surface area contributed by atoms with Gasteiger partial charge in [0.2, 0.25) is 11.8 Å². The summed E-state index contributed by atoms with van der Waals surface area (Å²) >= 11 is 0. The van der Waals surface area contributed by atoms with Gasteiger partial charge in [-0.3, -0.25) is 19.2 Å². The van der Waals surface area contributed by atoms with Crippen molar-refractivity contribution < 1.29 is 19.2 Å². The van der Waals surface area contributed by atoms with Crippen molar-refractivity contribution in [2.24, 2.45) is 11.8 Å². The van der Waals surface area contributed by atoms with Crippen LogP contribution in [0.2, 0.25) is 0 Å². The number of pyridine rings is 1. The van der Waals surface area contributed by atoms with Crippen LogP contribution in [0.25, 0.3) is 0 Å². The molecule has 2 aliphatic carbocycles. The van der Waals surface area contributed by atoms with E-state index in [0.29, 0.717) is 38.3 Å². The monoisotopic (exact) mass is 467 g/mol. The summed E-state index contributed by atoms with van der Waals surface area (Å²) in [5.74, 6) is -0.840. The molecule has 0 spiro atoms. The van der Waals surface area contributed by atoms with Gasteiger partial charge in [0, 0.05) is 38.3 Å². The van der Waals surface area contributed by atoms with Gasteiger partial charge in [-0.05, 0) is 63.5 Å². The smallest absolute Gasteiger partial charge is 0.272 e.